The molecule has 6 atom stereocenters. The number of thiazole rings is 1. The molecule has 3 bridgehead atoms. The maximum Gasteiger partial charge on any atom is 0.355 e. The third kappa shape index (κ3) is 8.57. The molecule has 0 saturated heterocycles. The monoisotopic (exact) mass is 865 g/mol. The van der Waals surface area contributed by atoms with Gasteiger partial charge in [0.1, 0.15) is 17.6 Å². The number of anilines is 4. The number of ether oxygens (including phenoxy) is 2. The quantitative estimate of drug-likeness (QED) is 0.0472. The second-order valence-corrected chi connectivity index (χ2v) is 19.5. The molecule has 62 heavy (non-hydrogen) atoms. The normalized spacial score (nSPS) is 26.1. The lowest BCUT2D eigenvalue weighted by Gasteiger charge is -2.66. The van der Waals surface area contributed by atoms with E-state index in [0.29, 0.717) is 79.3 Å². The van der Waals surface area contributed by atoms with Crippen molar-refractivity contribution in [3.05, 3.63) is 58.4 Å². The molecule has 0 spiro atoms. The molecule has 8 rings (SSSR count). The number of nitrogens with zero attached hydrogens (tertiary/aromatic N) is 6. The maximum absolute atomic E-state index is 12.9. The number of carboxylic acid groups (broad SMARTS) is 1. The van der Waals surface area contributed by atoms with E-state index in [1.807, 2.05) is 36.9 Å². The first kappa shape index (κ1) is 43.7. The summed E-state index contributed by atoms with van der Waals surface area (Å²) in [6.45, 7) is 11.5. The van der Waals surface area contributed by atoms with Crippen molar-refractivity contribution in [1.29, 1.82) is 5.26 Å². The molecule has 0 radical (unpaired) electrons. The predicted molar refractivity (Wildman–Crippen MR) is 239 cm³/mol. The molecule has 1 aromatic carbocycles. The fourth-order valence-electron chi connectivity index (χ4n) is 11.5. The van der Waals surface area contributed by atoms with Crippen LogP contribution in [0.2, 0.25) is 0 Å². The Morgan fingerprint density at radius 1 is 1.16 bits per heavy atom. The molecular weight excluding hydrogens is 807 g/mol. The van der Waals surface area contributed by atoms with Gasteiger partial charge in [-0.25, -0.2) is 14.8 Å². The van der Waals surface area contributed by atoms with Crippen molar-refractivity contribution in [3.8, 4) is 11.8 Å². The summed E-state index contributed by atoms with van der Waals surface area (Å²) in [6.07, 6.45) is 7.72. The number of hydrogen-bond acceptors (Lipinski definition) is 15. The third-order valence-electron chi connectivity index (χ3n) is 14.0. The van der Waals surface area contributed by atoms with Crippen LogP contribution in [0.5, 0.6) is 5.75 Å². The molecule has 1 aliphatic heterocycles. The summed E-state index contributed by atoms with van der Waals surface area (Å²) in [4.78, 5) is 24.3. The molecule has 15 nitrogen and oxygen atoms in total. The van der Waals surface area contributed by atoms with Crippen molar-refractivity contribution in [1.82, 2.24) is 30.8 Å². The number of carbonyl (C=O) groups is 1. The van der Waals surface area contributed by atoms with E-state index in [0.717, 1.165) is 78.5 Å². The number of nitrogens with one attached hydrogen (secondary N) is 3. The number of carboxylic acids is 1. The van der Waals surface area contributed by atoms with E-state index < -0.39 is 12.1 Å². The summed E-state index contributed by atoms with van der Waals surface area (Å²) in [5.41, 5.74) is 3.57. The standard InChI is InChI=1S/C46H59N9O6S/c1-27-20-46(61-18-16-48-15-13-30(57)22-56)24-44(4)14-12-35(27)45(23-44,25-46)26-49-29(3)34(21-47)33-9-11-38(51-39(33)42(58)59)55-17-6-7-32-28(2)40(53-54-41(32)55)52-43-50-36-19-31(60-5)8-10-37(36)62-43/h8-11,19,27,30,35,48-49,56-57H,6-7,12-18,20,22-26H2,1-5H3,(H,58,59)(H,50,52,53)/b34-29+/t27?,30-,35?,44?,45?,46?/m1/s1. The Labute approximate surface area is 367 Å². The van der Waals surface area contributed by atoms with E-state index in [2.05, 4.69) is 51.0 Å². The van der Waals surface area contributed by atoms with E-state index in [4.69, 9.17) is 19.6 Å². The van der Waals surface area contributed by atoms with Crippen LogP contribution in [0, 0.1) is 40.9 Å². The average molecular weight is 866 g/mol. The first-order valence-electron chi connectivity index (χ1n) is 21.9. The maximum atomic E-state index is 12.9. The molecule has 0 amide bonds. The number of rotatable bonds is 17. The summed E-state index contributed by atoms with van der Waals surface area (Å²) in [6, 6.07) is 11.6. The minimum Gasteiger partial charge on any atom is -0.497 e. The summed E-state index contributed by atoms with van der Waals surface area (Å²) >= 11 is 1.52. The lowest BCUT2D eigenvalue weighted by molar-refractivity contribution is -0.221. The molecule has 3 aromatic heterocycles. The van der Waals surface area contributed by atoms with Crippen molar-refractivity contribution < 1.29 is 29.6 Å². The summed E-state index contributed by atoms with van der Waals surface area (Å²) in [7, 11) is 1.63. The van der Waals surface area contributed by atoms with Crippen LogP contribution in [0.1, 0.15) is 99.3 Å². The molecule has 6 N–H and O–H groups in total. The van der Waals surface area contributed by atoms with E-state index in [1.54, 1.807) is 19.2 Å². The average Bonchev–Trinajstić information content (AvgIpc) is 3.66. The highest BCUT2D eigenvalue weighted by molar-refractivity contribution is 7.22. The second-order valence-electron chi connectivity index (χ2n) is 18.5. The number of aliphatic hydroxyl groups excluding tert-OH is 2. The Morgan fingerprint density at radius 3 is 2.77 bits per heavy atom. The Morgan fingerprint density at radius 2 is 2.00 bits per heavy atom. The van der Waals surface area contributed by atoms with Crippen LogP contribution >= 0.6 is 11.3 Å². The van der Waals surface area contributed by atoms with E-state index >= 15 is 0 Å². The van der Waals surface area contributed by atoms with Crippen LogP contribution in [0.15, 0.2) is 36.0 Å². The number of aromatic carboxylic acids is 1. The number of nitriles is 1. The van der Waals surface area contributed by atoms with E-state index in [9.17, 15) is 20.3 Å². The zero-order valence-electron chi connectivity index (χ0n) is 36.4. The molecule has 3 saturated carbocycles. The van der Waals surface area contributed by atoms with Crippen molar-refractivity contribution in [2.45, 2.75) is 97.2 Å². The van der Waals surface area contributed by atoms with Crippen molar-refractivity contribution in [2.24, 2.45) is 22.7 Å². The number of aliphatic hydroxyl groups is 2. The van der Waals surface area contributed by atoms with E-state index in [1.165, 1.54) is 11.3 Å². The van der Waals surface area contributed by atoms with Crippen LogP contribution in [0.25, 0.3) is 15.8 Å². The van der Waals surface area contributed by atoms with Gasteiger partial charge in [0, 0.05) is 48.1 Å². The first-order valence-corrected chi connectivity index (χ1v) is 22.7. The molecule has 330 valence electrons. The highest BCUT2D eigenvalue weighted by Crippen LogP contribution is 2.67. The molecular formula is C46H59N9O6S. The first-order chi connectivity index (χ1) is 29.8. The topological polar surface area (TPSA) is 211 Å². The van der Waals surface area contributed by atoms with Gasteiger partial charge in [-0.3, -0.25) is 0 Å². The van der Waals surface area contributed by atoms with E-state index in [-0.39, 0.29) is 39.9 Å². The summed E-state index contributed by atoms with van der Waals surface area (Å²) < 4.78 is 13.2. The van der Waals surface area contributed by atoms with Gasteiger partial charge in [-0.05, 0) is 125 Å². The van der Waals surface area contributed by atoms with Gasteiger partial charge in [0.2, 0.25) is 0 Å². The molecule has 4 aromatic rings. The predicted octanol–water partition coefficient (Wildman–Crippen LogP) is 6.88. The van der Waals surface area contributed by atoms with Gasteiger partial charge in [0.15, 0.2) is 22.5 Å². The second kappa shape index (κ2) is 17.7. The van der Waals surface area contributed by atoms with Crippen LogP contribution in [0.4, 0.5) is 22.6 Å². The van der Waals surface area contributed by atoms with Gasteiger partial charge in [-0.2, -0.15) is 5.26 Å². The van der Waals surface area contributed by atoms with Gasteiger partial charge in [0.05, 0.1) is 47.8 Å². The van der Waals surface area contributed by atoms with Gasteiger partial charge in [-0.1, -0.05) is 25.2 Å². The molecule has 3 aliphatic carbocycles. The smallest absolute Gasteiger partial charge is 0.355 e. The molecule has 5 unspecified atom stereocenters. The van der Waals surface area contributed by atoms with Crippen molar-refractivity contribution in [3.63, 3.8) is 0 Å². The number of benzene rings is 1. The highest BCUT2D eigenvalue weighted by atomic mass is 32.1. The lowest BCUT2D eigenvalue weighted by atomic mass is 9.42. The number of pyridine rings is 1. The number of methoxy groups -OCH3 is 1. The van der Waals surface area contributed by atoms with Gasteiger partial charge >= 0.3 is 5.97 Å². The Hall–Kier alpha value is -4.92. The largest absolute Gasteiger partial charge is 0.497 e. The van der Waals surface area contributed by atoms with Gasteiger partial charge < -0.3 is 45.6 Å². The fourth-order valence-corrected chi connectivity index (χ4v) is 12.4. The molecule has 3 fully saturated rings. The summed E-state index contributed by atoms with van der Waals surface area (Å²) in [5, 5.41) is 60.2. The third-order valence-corrected chi connectivity index (χ3v) is 15.0. The number of hydrogen-bond donors (Lipinski definition) is 6. The Kier molecular flexibility index (Phi) is 12.5. The molecule has 4 aliphatic rings. The molecule has 16 heteroatoms. The highest BCUT2D eigenvalue weighted by Gasteiger charge is 2.63. The minimum absolute atomic E-state index is 0.0418. The zero-order chi connectivity index (χ0) is 43.8. The summed E-state index contributed by atoms with van der Waals surface area (Å²) in [5.74, 6) is 2.17. The number of fused-ring (bicyclic) bond motifs is 4. The number of allylic oxidation sites excluding steroid dienone is 2. The zero-order valence-corrected chi connectivity index (χ0v) is 37.2. The van der Waals surface area contributed by atoms with Crippen LogP contribution in [0.3, 0.4) is 0 Å². The lowest BCUT2D eigenvalue weighted by Crippen LogP contribution is -2.64. The van der Waals surface area contributed by atoms with Crippen LogP contribution in [-0.4, -0.2) is 99.7 Å². The van der Waals surface area contributed by atoms with Gasteiger partial charge in [-0.15, -0.1) is 10.2 Å². The van der Waals surface area contributed by atoms with Crippen molar-refractivity contribution >= 4 is 55.7 Å². The van der Waals surface area contributed by atoms with Crippen LogP contribution in [-0.2, 0) is 11.2 Å². The Balaban J connectivity index is 1.00. The van der Waals surface area contributed by atoms with Crippen molar-refractivity contribution in [2.75, 3.05) is 56.7 Å². The molecule has 4 heterocycles. The minimum atomic E-state index is -1.21. The van der Waals surface area contributed by atoms with Gasteiger partial charge in [0.25, 0.3) is 0 Å². The Bertz CT molecular complexity index is 2400. The SMILES string of the molecule is COc1ccc2sc(Nc3nnc4c(c3C)CCCN4c3ccc(/C(C#N)=C(\C)NCC45CC6(C)CCC4C(C)CC(OCCNCC[C@@H](O)CO)(C6)C5)c(C(=O)O)n3)nc2c1. The van der Waals surface area contributed by atoms with Crippen LogP contribution < -0.4 is 25.6 Å². The fraction of sp³-hybridized carbons (Fsp3) is 0.565. The number of aromatic nitrogens is 4.